The third-order valence-electron chi connectivity index (χ3n) is 2.25. The normalized spacial score (nSPS) is 13.5. The second kappa shape index (κ2) is 5.22. The van der Waals surface area contributed by atoms with Crippen molar-refractivity contribution in [3.8, 4) is 0 Å². The molecule has 0 aromatic heterocycles. The molecule has 2 N–H and O–H groups in total. The van der Waals surface area contributed by atoms with Crippen molar-refractivity contribution in [3.05, 3.63) is 17.2 Å². The van der Waals surface area contributed by atoms with Crippen molar-refractivity contribution in [2.75, 3.05) is 0 Å². The monoisotopic (exact) mass is 154 g/mol. The highest BCUT2D eigenvalue weighted by Gasteiger charge is 2.08. The van der Waals surface area contributed by atoms with Crippen LogP contribution < -0.4 is 5.73 Å². The zero-order chi connectivity index (χ0) is 8.85. The van der Waals surface area contributed by atoms with Crippen molar-refractivity contribution in [1.29, 1.82) is 0 Å². The quantitative estimate of drug-likeness (QED) is 0.661. The molecule has 0 aliphatic rings. The van der Waals surface area contributed by atoms with Gasteiger partial charge in [0.25, 0.3) is 0 Å². The fourth-order valence-electron chi connectivity index (χ4n) is 1.27. The molecule has 0 heterocycles. The van der Waals surface area contributed by atoms with Crippen molar-refractivity contribution < 1.29 is 0 Å². The molecule has 1 nitrogen and oxygen atoms in total. The fourth-order valence-corrected chi connectivity index (χ4v) is 1.27. The van der Waals surface area contributed by atoms with Crippen LogP contribution in [0.2, 0.25) is 0 Å². The summed E-state index contributed by atoms with van der Waals surface area (Å²) in [6.45, 7) is 8.60. The van der Waals surface area contributed by atoms with Gasteiger partial charge in [0.2, 0.25) is 0 Å². The second-order valence-electron chi connectivity index (χ2n) is 2.81. The number of hydrogen-bond acceptors (Lipinski definition) is 1. The molecule has 0 rings (SSSR count). The van der Waals surface area contributed by atoms with E-state index < -0.39 is 0 Å². The van der Waals surface area contributed by atoms with Gasteiger partial charge in [-0.25, -0.2) is 0 Å². The van der Waals surface area contributed by atoms with Crippen LogP contribution in [0.15, 0.2) is 11.3 Å². The van der Waals surface area contributed by atoms with Crippen LogP contribution in [-0.2, 0) is 0 Å². The minimum atomic E-state index is 0.968. The van der Waals surface area contributed by atoms with Crippen LogP contribution in [0.3, 0.4) is 0 Å². The highest BCUT2D eigenvalue weighted by atomic mass is 14.6. The molecular weight excluding hydrogens is 134 g/mol. The first kappa shape index (κ1) is 10.5. The van der Waals surface area contributed by atoms with Gasteiger partial charge in [-0.2, -0.15) is 0 Å². The minimum Gasteiger partial charge on any atom is -0.402 e. The van der Waals surface area contributed by atoms with E-state index in [2.05, 4.69) is 27.7 Å². The van der Waals surface area contributed by atoms with E-state index in [0.717, 1.165) is 25.0 Å². The summed E-state index contributed by atoms with van der Waals surface area (Å²) in [7, 11) is 0. The van der Waals surface area contributed by atoms with Gasteiger partial charge in [0, 0.05) is 11.6 Å². The van der Waals surface area contributed by atoms with E-state index in [1.165, 1.54) is 11.5 Å². The summed E-state index contributed by atoms with van der Waals surface area (Å²) in [6.07, 6.45) is 3.22. The van der Waals surface area contributed by atoms with E-state index in [9.17, 15) is 0 Å². The second-order valence-corrected chi connectivity index (χ2v) is 2.81. The molecule has 0 saturated heterocycles. The maximum Gasteiger partial charge on any atom is 0.00727 e. The Kier molecular flexibility index (Phi) is 5.01. The van der Waals surface area contributed by atoms with Gasteiger partial charge in [-0.3, -0.25) is 0 Å². The third kappa shape index (κ3) is 2.96. The van der Waals surface area contributed by atoms with Gasteiger partial charge in [0.05, 0.1) is 0 Å². The van der Waals surface area contributed by atoms with Gasteiger partial charge in [-0.05, 0) is 31.8 Å². The van der Waals surface area contributed by atoms with Crippen LogP contribution in [0.5, 0.6) is 0 Å². The molecule has 0 amide bonds. The van der Waals surface area contributed by atoms with Gasteiger partial charge in [-0.15, -0.1) is 0 Å². The lowest BCUT2D eigenvalue weighted by Gasteiger charge is -2.14. The third-order valence-corrected chi connectivity index (χ3v) is 2.25. The van der Waals surface area contributed by atoms with E-state index in [1.54, 1.807) is 0 Å². The van der Waals surface area contributed by atoms with Crippen molar-refractivity contribution in [2.24, 2.45) is 5.73 Å². The van der Waals surface area contributed by atoms with Crippen LogP contribution in [0, 0.1) is 5.92 Å². The van der Waals surface area contributed by atoms with Gasteiger partial charge in [0.15, 0.2) is 0 Å². The summed E-state index contributed by atoms with van der Waals surface area (Å²) in [6, 6.07) is 0. The van der Waals surface area contributed by atoms with Gasteiger partial charge in [0.1, 0.15) is 0 Å². The number of nitrogens with two attached hydrogens (primary N) is 1. The Balaban J connectivity index is 4.28. The summed E-state index contributed by atoms with van der Waals surface area (Å²) >= 11 is 0. The van der Waals surface area contributed by atoms with E-state index in [4.69, 9.17) is 5.73 Å². The maximum atomic E-state index is 5.83. The van der Waals surface area contributed by atoms with Crippen molar-refractivity contribution in [1.82, 2.24) is 0 Å². The first-order valence-corrected chi connectivity index (χ1v) is 4.47. The van der Waals surface area contributed by atoms with E-state index >= 15 is 0 Å². The zero-order valence-corrected chi connectivity index (χ0v) is 8.20. The van der Waals surface area contributed by atoms with Crippen LogP contribution in [0.25, 0.3) is 0 Å². The molecule has 1 heteroatoms. The SMILES string of the molecule is CC[C](CC)/C(C)=C(/N)CC. The van der Waals surface area contributed by atoms with Gasteiger partial charge < -0.3 is 5.73 Å². The van der Waals surface area contributed by atoms with E-state index in [1.807, 2.05) is 0 Å². The number of allylic oxidation sites excluding steroid dienone is 2. The Morgan fingerprint density at radius 2 is 1.45 bits per heavy atom. The van der Waals surface area contributed by atoms with Crippen molar-refractivity contribution in [2.45, 2.75) is 47.0 Å². The molecule has 0 fully saturated rings. The first-order chi connectivity index (χ1) is 5.17. The molecular formula is C10H20N. The summed E-state index contributed by atoms with van der Waals surface area (Å²) in [5, 5.41) is 0. The smallest absolute Gasteiger partial charge is 0.00727 e. The molecule has 0 saturated carbocycles. The largest absolute Gasteiger partial charge is 0.402 e. The van der Waals surface area contributed by atoms with Gasteiger partial charge in [-0.1, -0.05) is 20.8 Å². The molecule has 0 unspecified atom stereocenters. The topological polar surface area (TPSA) is 26.0 Å². The molecule has 0 spiro atoms. The molecule has 65 valence electrons. The summed E-state index contributed by atoms with van der Waals surface area (Å²) in [5.74, 6) is 1.49. The molecule has 1 radical (unpaired) electrons. The summed E-state index contributed by atoms with van der Waals surface area (Å²) in [5.41, 5.74) is 8.19. The van der Waals surface area contributed by atoms with Crippen LogP contribution in [0.1, 0.15) is 47.0 Å². The van der Waals surface area contributed by atoms with Crippen LogP contribution in [0.4, 0.5) is 0 Å². The molecule has 0 bridgehead atoms. The predicted molar refractivity (Wildman–Crippen MR) is 51.0 cm³/mol. The lowest BCUT2D eigenvalue weighted by Crippen LogP contribution is -2.05. The standard InChI is InChI=1S/C10H20N/c1-5-9(6-2)8(4)10(11)7-3/h5-7,11H2,1-4H3/b10-8+. The molecule has 0 aliphatic carbocycles. The van der Waals surface area contributed by atoms with Gasteiger partial charge >= 0.3 is 0 Å². The maximum absolute atomic E-state index is 5.83. The van der Waals surface area contributed by atoms with Crippen LogP contribution in [-0.4, -0.2) is 0 Å². The first-order valence-electron chi connectivity index (χ1n) is 4.47. The molecule has 0 atom stereocenters. The Labute approximate surface area is 70.7 Å². The average molecular weight is 154 g/mol. The fraction of sp³-hybridized carbons (Fsp3) is 0.700. The Morgan fingerprint density at radius 1 is 1.00 bits per heavy atom. The summed E-state index contributed by atoms with van der Waals surface area (Å²) < 4.78 is 0. The lowest BCUT2D eigenvalue weighted by atomic mass is 9.93. The molecule has 0 aromatic carbocycles. The average Bonchev–Trinajstić information content (AvgIpc) is 2.05. The molecule has 11 heavy (non-hydrogen) atoms. The van der Waals surface area contributed by atoms with Crippen molar-refractivity contribution >= 4 is 0 Å². The van der Waals surface area contributed by atoms with E-state index in [0.29, 0.717) is 0 Å². The Morgan fingerprint density at radius 3 is 1.73 bits per heavy atom. The van der Waals surface area contributed by atoms with Crippen LogP contribution >= 0.6 is 0 Å². The highest BCUT2D eigenvalue weighted by Crippen LogP contribution is 2.22. The zero-order valence-electron chi connectivity index (χ0n) is 8.20. The Bertz CT molecular complexity index is 132. The molecule has 0 aliphatic heterocycles. The summed E-state index contributed by atoms with van der Waals surface area (Å²) in [4.78, 5) is 0. The number of hydrogen-bond donors (Lipinski definition) is 1. The Hall–Kier alpha value is -0.460. The molecule has 0 aromatic rings. The van der Waals surface area contributed by atoms with Crippen molar-refractivity contribution in [3.63, 3.8) is 0 Å². The van der Waals surface area contributed by atoms with E-state index in [-0.39, 0.29) is 0 Å². The minimum absolute atomic E-state index is 0.968. The highest BCUT2D eigenvalue weighted by molar-refractivity contribution is 5.25. The lowest BCUT2D eigenvalue weighted by molar-refractivity contribution is 0.815. The number of rotatable bonds is 4. The predicted octanol–water partition coefficient (Wildman–Crippen LogP) is 3.02.